The highest BCUT2D eigenvalue weighted by molar-refractivity contribution is 7.29. The van der Waals surface area contributed by atoms with Crippen LogP contribution >= 0.6 is 22.7 Å². The van der Waals surface area contributed by atoms with Gasteiger partial charge in [0.2, 0.25) is 0 Å². The zero-order valence-electron chi connectivity index (χ0n) is 17.1. The van der Waals surface area contributed by atoms with Gasteiger partial charge in [0.1, 0.15) is 15.5 Å². The molecule has 0 aliphatic rings. The SMILES string of the molecule is COc1cc([N+](=O)[O-])ccc1NC(=O)COC(=O)c1cc2sc(Nc3ccccc3)nc2s1. The molecule has 0 saturated heterocycles. The average Bonchev–Trinajstić information content (AvgIpc) is 3.37. The topological polar surface area (TPSA) is 133 Å². The van der Waals surface area contributed by atoms with Crippen molar-refractivity contribution >= 4 is 66.3 Å². The van der Waals surface area contributed by atoms with Gasteiger partial charge in [0.15, 0.2) is 11.7 Å². The molecule has 4 aromatic rings. The van der Waals surface area contributed by atoms with E-state index in [2.05, 4.69) is 15.6 Å². The number of thiophene rings is 1. The standard InChI is InChI=1S/C21H16N4O6S2/c1-30-15-9-13(25(28)29)7-8-14(15)23-18(26)11-31-20(27)17-10-16-19(32-17)24-21(33-16)22-12-5-3-2-4-6-12/h2-10H,11H2,1H3,(H,22,24)(H,23,26). The lowest BCUT2D eigenvalue weighted by Gasteiger charge is -2.10. The molecule has 0 radical (unpaired) electrons. The minimum atomic E-state index is -0.645. The first-order valence-corrected chi connectivity index (χ1v) is 11.1. The van der Waals surface area contributed by atoms with Crippen molar-refractivity contribution in [2.75, 3.05) is 24.4 Å². The predicted molar refractivity (Wildman–Crippen MR) is 126 cm³/mol. The van der Waals surface area contributed by atoms with E-state index in [-0.39, 0.29) is 17.1 Å². The number of esters is 1. The molecular weight excluding hydrogens is 468 g/mol. The third-order valence-corrected chi connectivity index (χ3v) is 6.38. The number of non-ortho nitro benzene ring substituents is 1. The quantitative estimate of drug-likeness (QED) is 0.207. The summed E-state index contributed by atoms with van der Waals surface area (Å²) >= 11 is 2.58. The highest BCUT2D eigenvalue weighted by Gasteiger charge is 2.18. The molecule has 0 unspecified atom stereocenters. The van der Waals surface area contributed by atoms with Gasteiger partial charge in [0, 0.05) is 11.8 Å². The van der Waals surface area contributed by atoms with E-state index in [9.17, 15) is 19.7 Å². The molecule has 168 valence electrons. The van der Waals surface area contributed by atoms with Gasteiger partial charge in [-0.3, -0.25) is 14.9 Å². The van der Waals surface area contributed by atoms with Crippen molar-refractivity contribution in [2.45, 2.75) is 0 Å². The fraction of sp³-hybridized carbons (Fsp3) is 0.0952. The molecular formula is C21H16N4O6S2. The molecule has 2 N–H and O–H groups in total. The molecule has 33 heavy (non-hydrogen) atoms. The van der Waals surface area contributed by atoms with Gasteiger partial charge in [-0.25, -0.2) is 9.78 Å². The highest BCUT2D eigenvalue weighted by atomic mass is 32.1. The van der Waals surface area contributed by atoms with E-state index >= 15 is 0 Å². The zero-order chi connectivity index (χ0) is 23.4. The number of amides is 1. The lowest BCUT2D eigenvalue weighted by atomic mass is 10.2. The molecule has 4 rings (SSSR count). The van der Waals surface area contributed by atoms with E-state index in [1.165, 1.54) is 48.0 Å². The Kier molecular flexibility index (Phi) is 6.47. The zero-order valence-corrected chi connectivity index (χ0v) is 18.7. The maximum absolute atomic E-state index is 12.4. The van der Waals surface area contributed by atoms with Crippen LogP contribution in [0.15, 0.2) is 54.6 Å². The van der Waals surface area contributed by atoms with Crippen molar-refractivity contribution in [3.8, 4) is 5.75 Å². The van der Waals surface area contributed by atoms with E-state index in [1.54, 1.807) is 6.07 Å². The van der Waals surface area contributed by atoms with Crippen LogP contribution in [-0.2, 0) is 9.53 Å². The number of hydrogen-bond donors (Lipinski definition) is 2. The van der Waals surface area contributed by atoms with E-state index in [4.69, 9.17) is 9.47 Å². The average molecular weight is 485 g/mol. The summed E-state index contributed by atoms with van der Waals surface area (Å²) in [5, 5.41) is 17.3. The fourth-order valence-electron chi connectivity index (χ4n) is 2.82. The lowest BCUT2D eigenvalue weighted by Crippen LogP contribution is -2.21. The summed E-state index contributed by atoms with van der Waals surface area (Å²) in [5.74, 6) is -1.14. The summed E-state index contributed by atoms with van der Waals surface area (Å²) in [7, 11) is 1.33. The molecule has 0 spiro atoms. The molecule has 0 aliphatic heterocycles. The Labute approximate surface area is 194 Å². The van der Waals surface area contributed by atoms with Crippen LogP contribution in [0.1, 0.15) is 9.67 Å². The second-order valence-electron chi connectivity index (χ2n) is 6.56. The van der Waals surface area contributed by atoms with Crippen LogP contribution in [-0.4, -0.2) is 35.5 Å². The van der Waals surface area contributed by atoms with Crippen molar-refractivity contribution in [1.82, 2.24) is 4.98 Å². The number of hydrogen-bond acceptors (Lipinski definition) is 10. The molecule has 10 nitrogen and oxygen atoms in total. The number of benzene rings is 2. The maximum atomic E-state index is 12.4. The normalized spacial score (nSPS) is 10.6. The molecule has 2 aromatic carbocycles. The van der Waals surface area contributed by atoms with Crippen molar-refractivity contribution in [2.24, 2.45) is 0 Å². The van der Waals surface area contributed by atoms with Crippen LogP contribution in [0, 0.1) is 10.1 Å². The van der Waals surface area contributed by atoms with Crippen LogP contribution in [0.25, 0.3) is 9.53 Å². The van der Waals surface area contributed by atoms with Gasteiger partial charge in [0.25, 0.3) is 11.6 Å². The number of ether oxygens (including phenoxy) is 2. The number of para-hydroxylation sites is 1. The van der Waals surface area contributed by atoms with Gasteiger partial charge in [-0.05, 0) is 24.3 Å². The van der Waals surface area contributed by atoms with Crippen LogP contribution in [0.4, 0.5) is 22.2 Å². The van der Waals surface area contributed by atoms with Crippen molar-refractivity contribution < 1.29 is 24.0 Å². The summed E-state index contributed by atoms with van der Waals surface area (Å²) < 4.78 is 11.0. The van der Waals surface area contributed by atoms with Gasteiger partial charge in [0.05, 0.1) is 28.5 Å². The lowest BCUT2D eigenvalue weighted by molar-refractivity contribution is -0.384. The Morgan fingerprint density at radius 2 is 1.91 bits per heavy atom. The first-order valence-electron chi connectivity index (χ1n) is 9.45. The Bertz CT molecular complexity index is 1300. The number of anilines is 3. The first-order chi connectivity index (χ1) is 15.9. The van der Waals surface area contributed by atoms with Gasteiger partial charge < -0.3 is 20.1 Å². The number of thiazole rings is 1. The maximum Gasteiger partial charge on any atom is 0.348 e. The minimum Gasteiger partial charge on any atom is -0.494 e. The molecule has 0 fully saturated rings. The Morgan fingerprint density at radius 3 is 2.61 bits per heavy atom. The number of carbonyl (C=O) groups excluding carboxylic acids is 2. The number of nitro groups is 1. The van der Waals surface area contributed by atoms with Crippen molar-refractivity contribution in [3.63, 3.8) is 0 Å². The number of aromatic nitrogens is 1. The third-order valence-electron chi connectivity index (χ3n) is 4.32. The largest absolute Gasteiger partial charge is 0.494 e. The summed E-state index contributed by atoms with van der Waals surface area (Å²) in [4.78, 5) is 40.3. The molecule has 0 bridgehead atoms. The molecule has 2 heterocycles. The van der Waals surface area contributed by atoms with E-state index in [1.807, 2.05) is 30.3 Å². The molecule has 0 atom stereocenters. The van der Waals surface area contributed by atoms with E-state index in [0.29, 0.717) is 14.8 Å². The number of methoxy groups -OCH3 is 1. The molecule has 0 saturated carbocycles. The molecule has 0 aliphatic carbocycles. The highest BCUT2D eigenvalue weighted by Crippen LogP contribution is 2.34. The van der Waals surface area contributed by atoms with Crippen LogP contribution < -0.4 is 15.4 Å². The monoisotopic (exact) mass is 484 g/mol. The second kappa shape index (κ2) is 9.63. The minimum absolute atomic E-state index is 0.119. The van der Waals surface area contributed by atoms with E-state index in [0.717, 1.165) is 10.4 Å². The third kappa shape index (κ3) is 5.25. The van der Waals surface area contributed by atoms with Gasteiger partial charge in [-0.2, -0.15) is 0 Å². The van der Waals surface area contributed by atoms with Crippen molar-refractivity contribution in [3.05, 3.63) is 69.6 Å². The smallest absolute Gasteiger partial charge is 0.348 e. The molecule has 2 aromatic heterocycles. The summed E-state index contributed by atoms with van der Waals surface area (Å²) in [6, 6.07) is 15.0. The number of carbonyl (C=O) groups is 2. The Hall–Kier alpha value is -4.03. The van der Waals surface area contributed by atoms with Gasteiger partial charge in [-0.1, -0.05) is 29.5 Å². The Morgan fingerprint density at radius 1 is 1.12 bits per heavy atom. The molecule has 12 heteroatoms. The number of fused-ring (bicyclic) bond motifs is 1. The summed E-state index contributed by atoms with van der Waals surface area (Å²) in [5.41, 5.74) is 0.960. The predicted octanol–water partition coefficient (Wildman–Crippen LogP) is 4.81. The van der Waals surface area contributed by atoms with Crippen molar-refractivity contribution in [1.29, 1.82) is 0 Å². The van der Waals surface area contributed by atoms with E-state index < -0.39 is 23.4 Å². The second-order valence-corrected chi connectivity index (χ2v) is 8.62. The first kappa shape index (κ1) is 22.2. The van der Waals surface area contributed by atoms with Crippen LogP contribution in [0.2, 0.25) is 0 Å². The van der Waals surface area contributed by atoms with Gasteiger partial charge in [-0.15, -0.1) is 11.3 Å². The summed E-state index contributed by atoms with van der Waals surface area (Å²) in [6.07, 6.45) is 0. The van der Waals surface area contributed by atoms with Gasteiger partial charge >= 0.3 is 5.97 Å². The summed E-state index contributed by atoms with van der Waals surface area (Å²) in [6.45, 7) is -0.529. The Balaban J connectivity index is 1.35. The number of rotatable bonds is 8. The van der Waals surface area contributed by atoms with Crippen LogP contribution in [0.3, 0.4) is 0 Å². The fourth-order valence-corrected chi connectivity index (χ4v) is 4.85. The van der Waals surface area contributed by atoms with Crippen LogP contribution in [0.5, 0.6) is 5.75 Å². The number of nitrogens with zero attached hydrogens (tertiary/aromatic N) is 2. The number of nitrogens with one attached hydrogen (secondary N) is 2. The molecule has 1 amide bonds. The number of nitro benzene ring substituents is 1.